The van der Waals surface area contributed by atoms with Gasteiger partial charge in [-0.3, -0.25) is 9.48 Å². The van der Waals surface area contributed by atoms with Crippen molar-refractivity contribution >= 4 is 28.9 Å². The average Bonchev–Trinajstić information content (AvgIpc) is 3.47. The van der Waals surface area contributed by atoms with Gasteiger partial charge in [0.25, 0.3) is 5.91 Å². The number of rotatable bonds is 8. The predicted molar refractivity (Wildman–Crippen MR) is 144 cm³/mol. The second-order valence-electron chi connectivity index (χ2n) is 9.38. The number of hydrogen-bond acceptors (Lipinski definition) is 6. The molecule has 13 heteroatoms. The summed E-state index contributed by atoms with van der Waals surface area (Å²) in [5.74, 6) is -0.715. The lowest BCUT2D eigenvalue weighted by atomic mass is 10.1. The highest BCUT2D eigenvalue weighted by Crippen LogP contribution is 2.39. The Morgan fingerprint density at radius 2 is 1.90 bits per heavy atom. The molecule has 0 aliphatic rings. The molecular weight excluding hydrogens is 533 g/mol. The van der Waals surface area contributed by atoms with Gasteiger partial charge in [-0.15, -0.1) is 5.10 Å². The summed E-state index contributed by atoms with van der Waals surface area (Å²) in [4.78, 5) is 15.0. The number of benzene rings is 2. The van der Waals surface area contributed by atoms with Gasteiger partial charge in [-0.1, -0.05) is 22.9 Å². The van der Waals surface area contributed by atoms with Crippen LogP contribution in [0.3, 0.4) is 0 Å². The van der Waals surface area contributed by atoms with Gasteiger partial charge in [0.1, 0.15) is 5.69 Å². The lowest BCUT2D eigenvalue weighted by Gasteiger charge is -2.18. The molecule has 0 aliphatic carbocycles. The van der Waals surface area contributed by atoms with E-state index in [2.05, 4.69) is 26.0 Å². The monoisotopic (exact) mass is 560 g/mol. The number of anilines is 2. The molecular formula is C26H28ClF3N8O. The summed E-state index contributed by atoms with van der Waals surface area (Å²) < 4.78 is 44.4. The van der Waals surface area contributed by atoms with Gasteiger partial charge in [0.05, 0.1) is 34.4 Å². The van der Waals surface area contributed by atoms with Gasteiger partial charge < -0.3 is 15.5 Å². The van der Waals surface area contributed by atoms with Crippen LogP contribution in [-0.4, -0.2) is 62.8 Å². The van der Waals surface area contributed by atoms with Crippen LogP contribution in [0.1, 0.15) is 27.2 Å². The molecule has 0 bridgehead atoms. The molecule has 2 N–H and O–H groups in total. The van der Waals surface area contributed by atoms with E-state index in [4.69, 9.17) is 11.6 Å². The van der Waals surface area contributed by atoms with E-state index >= 15 is 0 Å². The lowest BCUT2D eigenvalue weighted by molar-refractivity contribution is -0.137. The lowest BCUT2D eigenvalue weighted by Crippen LogP contribution is -2.22. The molecule has 0 atom stereocenters. The molecule has 0 aliphatic heterocycles. The first-order valence-electron chi connectivity index (χ1n) is 12.0. The number of amides is 1. The summed E-state index contributed by atoms with van der Waals surface area (Å²) in [6.07, 6.45) is -1.28. The third kappa shape index (κ3) is 6.23. The summed E-state index contributed by atoms with van der Waals surface area (Å²) in [6.45, 7) is 4.70. The fourth-order valence-electron chi connectivity index (χ4n) is 3.90. The maximum Gasteiger partial charge on any atom is 0.417 e. The highest BCUT2D eigenvalue weighted by Gasteiger charge is 2.35. The Morgan fingerprint density at radius 1 is 1.15 bits per heavy atom. The summed E-state index contributed by atoms with van der Waals surface area (Å²) in [5, 5.41) is 17.8. The number of halogens is 4. The van der Waals surface area contributed by atoms with Gasteiger partial charge >= 0.3 is 6.18 Å². The Balaban J connectivity index is 1.62. The molecule has 9 nitrogen and oxygen atoms in total. The van der Waals surface area contributed by atoms with Crippen molar-refractivity contribution in [1.82, 2.24) is 29.7 Å². The van der Waals surface area contributed by atoms with E-state index in [1.54, 1.807) is 40.0 Å². The molecule has 39 heavy (non-hydrogen) atoms. The molecule has 0 radical (unpaired) electrons. The number of likely N-dealkylation sites (N-methyl/N-ethyl adjacent to an activating group) is 1. The smallest absolute Gasteiger partial charge is 0.383 e. The van der Waals surface area contributed by atoms with Crippen molar-refractivity contribution in [2.75, 3.05) is 37.8 Å². The zero-order chi connectivity index (χ0) is 28.5. The number of alkyl halides is 3. The molecule has 4 aromatic rings. The zero-order valence-corrected chi connectivity index (χ0v) is 22.8. The van der Waals surface area contributed by atoms with E-state index < -0.39 is 22.7 Å². The summed E-state index contributed by atoms with van der Waals surface area (Å²) in [7, 11) is 5.51. The van der Waals surface area contributed by atoms with Crippen molar-refractivity contribution < 1.29 is 18.0 Å². The quantitative estimate of drug-likeness (QED) is 0.308. The van der Waals surface area contributed by atoms with Crippen LogP contribution in [0, 0.1) is 13.8 Å². The second-order valence-corrected chi connectivity index (χ2v) is 9.76. The minimum Gasteiger partial charge on any atom is -0.383 e. The van der Waals surface area contributed by atoms with Crippen molar-refractivity contribution in [2.45, 2.75) is 20.0 Å². The normalized spacial score (nSPS) is 11.7. The van der Waals surface area contributed by atoms with E-state index in [1.807, 2.05) is 39.9 Å². The van der Waals surface area contributed by atoms with Crippen LogP contribution in [0.4, 0.5) is 24.5 Å². The molecule has 0 spiro atoms. The van der Waals surface area contributed by atoms with Crippen LogP contribution >= 0.6 is 11.6 Å². The third-order valence-corrected chi connectivity index (χ3v) is 6.64. The van der Waals surface area contributed by atoms with E-state index in [9.17, 15) is 18.0 Å². The van der Waals surface area contributed by atoms with E-state index in [1.165, 1.54) is 6.07 Å². The van der Waals surface area contributed by atoms with E-state index in [0.29, 0.717) is 30.2 Å². The van der Waals surface area contributed by atoms with E-state index in [-0.39, 0.29) is 11.3 Å². The average molecular weight is 561 g/mol. The van der Waals surface area contributed by atoms with Crippen molar-refractivity contribution in [3.8, 4) is 16.9 Å². The maximum absolute atomic E-state index is 13.7. The minimum absolute atomic E-state index is 0.0314. The molecule has 2 heterocycles. The first-order valence-corrected chi connectivity index (χ1v) is 12.4. The number of nitrogens with zero attached hydrogens (tertiary/aromatic N) is 6. The number of hydrogen-bond donors (Lipinski definition) is 2. The molecule has 2 aromatic carbocycles. The maximum atomic E-state index is 13.7. The Hall–Kier alpha value is -3.90. The molecule has 206 valence electrons. The Labute approximate surface area is 228 Å². The fourth-order valence-corrected chi connectivity index (χ4v) is 4.18. The number of aryl methyl sites for hydroxylation is 2. The largest absolute Gasteiger partial charge is 0.417 e. The van der Waals surface area contributed by atoms with Crippen molar-refractivity contribution in [3.05, 3.63) is 70.1 Å². The fraction of sp³-hybridized carbons (Fsp3) is 0.308. The minimum atomic E-state index is -4.74. The van der Waals surface area contributed by atoms with Crippen LogP contribution < -0.4 is 10.6 Å². The van der Waals surface area contributed by atoms with Crippen molar-refractivity contribution in [2.24, 2.45) is 7.05 Å². The van der Waals surface area contributed by atoms with Crippen molar-refractivity contribution in [3.63, 3.8) is 0 Å². The second kappa shape index (κ2) is 11.1. The third-order valence-electron chi connectivity index (χ3n) is 6.23. The van der Waals surface area contributed by atoms with Gasteiger partial charge in [-0.25, -0.2) is 4.68 Å². The zero-order valence-electron chi connectivity index (χ0n) is 22.1. The van der Waals surface area contributed by atoms with E-state index in [0.717, 1.165) is 22.9 Å². The van der Waals surface area contributed by atoms with Crippen LogP contribution in [0.15, 0.2) is 42.7 Å². The highest BCUT2D eigenvalue weighted by atomic mass is 35.5. The molecule has 0 fully saturated rings. The van der Waals surface area contributed by atoms with Gasteiger partial charge in [0.15, 0.2) is 0 Å². The molecule has 0 saturated carbocycles. The predicted octanol–water partition coefficient (Wildman–Crippen LogP) is 5.18. The van der Waals surface area contributed by atoms with Gasteiger partial charge in [0, 0.05) is 42.6 Å². The first-order chi connectivity index (χ1) is 18.3. The Bertz CT molecular complexity index is 1510. The van der Waals surface area contributed by atoms with Crippen LogP contribution in [0.25, 0.3) is 16.9 Å². The molecule has 2 aromatic heterocycles. The molecule has 1 amide bonds. The summed E-state index contributed by atoms with van der Waals surface area (Å²) in [6, 6.07) is 7.19. The number of nitrogens with one attached hydrogen (secondary N) is 2. The summed E-state index contributed by atoms with van der Waals surface area (Å²) in [5.41, 5.74) is 3.03. The van der Waals surface area contributed by atoms with Crippen molar-refractivity contribution in [1.29, 1.82) is 0 Å². The number of aromatic nitrogens is 5. The topological polar surface area (TPSA) is 92.9 Å². The van der Waals surface area contributed by atoms with Crippen LogP contribution in [0.5, 0.6) is 0 Å². The number of carbonyl (C=O) groups is 1. The summed E-state index contributed by atoms with van der Waals surface area (Å²) >= 11 is 6.06. The first kappa shape index (κ1) is 28.1. The van der Waals surface area contributed by atoms with Crippen LogP contribution in [0.2, 0.25) is 5.02 Å². The Morgan fingerprint density at radius 3 is 2.54 bits per heavy atom. The van der Waals surface area contributed by atoms with Crippen LogP contribution in [-0.2, 0) is 13.2 Å². The SMILES string of the molecule is Cc1ccc(NC(=O)c2cc(NCCN(C)C)c(Cl)c(C(F)(F)F)c2)cc1-n1cc(-c2cnn(C)c2C)nn1. The van der Waals surface area contributed by atoms with Gasteiger partial charge in [-0.2, -0.15) is 18.3 Å². The van der Waals surface area contributed by atoms with Gasteiger partial charge in [-0.05, 0) is 57.8 Å². The standard InChI is InChI=1S/C26H28ClF3N8O/c1-15-6-7-18(12-23(15)38-14-22(34-35-38)19-13-32-37(5)16(19)2)33-25(39)17-10-20(26(28,29)30)24(27)21(11-17)31-8-9-36(3)4/h6-7,10-14,31H,8-9H2,1-5H3,(H,33,39). The number of carbonyl (C=O) groups excluding carboxylic acids is 1. The molecule has 0 unspecified atom stereocenters. The van der Waals surface area contributed by atoms with Gasteiger partial charge in [0.2, 0.25) is 0 Å². The highest BCUT2D eigenvalue weighted by molar-refractivity contribution is 6.34. The Kier molecular flexibility index (Phi) is 7.98. The molecule has 0 saturated heterocycles. The molecule has 4 rings (SSSR count).